The van der Waals surface area contributed by atoms with E-state index in [9.17, 15) is 4.79 Å². The summed E-state index contributed by atoms with van der Waals surface area (Å²) < 4.78 is 2.90. The summed E-state index contributed by atoms with van der Waals surface area (Å²) in [6.07, 6.45) is 3.45. The molecule has 0 bridgehead atoms. The van der Waals surface area contributed by atoms with E-state index in [1.165, 1.54) is 11.8 Å². The third-order valence-corrected chi connectivity index (χ3v) is 5.79. The summed E-state index contributed by atoms with van der Waals surface area (Å²) in [4.78, 5) is 16.6. The molecular weight excluding hydrogens is 462 g/mol. The van der Waals surface area contributed by atoms with Gasteiger partial charge in [0.15, 0.2) is 11.0 Å². The summed E-state index contributed by atoms with van der Waals surface area (Å²) in [5, 5.41) is 12.3. The van der Waals surface area contributed by atoms with E-state index in [1.54, 1.807) is 12.4 Å². The molecule has 0 aliphatic carbocycles. The summed E-state index contributed by atoms with van der Waals surface area (Å²) in [6, 6.07) is 19.3. The predicted molar refractivity (Wildman–Crippen MR) is 123 cm³/mol. The number of carbonyl (C=O) groups excluding carboxylic acids is 1. The second-order valence-electron chi connectivity index (χ2n) is 6.51. The first kappa shape index (κ1) is 20.3. The molecule has 0 fully saturated rings. The fraction of sp³-hybridized carbons (Fsp3) is 0.0909. The molecule has 2 aromatic carbocycles. The Bertz CT molecular complexity index is 1180. The molecule has 6 nitrogen and oxygen atoms in total. The Morgan fingerprint density at radius 2 is 1.87 bits per heavy atom. The highest BCUT2D eigenvalue weighted by molar-refractivity contribution is 9.10. The third kappa shape index (κ3) is 4.60. The lowest BCUT2D eigenvalue weighted by atomic mass is 10.2. The maximum atomic E-state index is 12.5. The fourth-order valence-corrected chi connectivity index (χ4v) is 4.12. The molecule has 0 atom stereocenters. The van der Waals surface area contributed by atoms with E-state index in [0.29, 0.717) is 11.0 Å². The first-order valence-electron chi connectivity index (χ1n) is 9.22. The smallest absolute Gasteiger partial charge is 0.234 e. The minimum atomic E-state index is -0.108. The van der Waals surface area contributed by atoms with Gasteiger partial charge in [-0.3, -0.25) is 14.3 Å². The molecule has 150 valence electrons. The first-order valence-corrected chi connectivity index (χ1v) is 11.0. The monoisotopic (exact) mass is 479 g/mol. The zero-order valence-electron chi connectivity index (χ0n) is 16.1. The van der Waals surface area contributed by atoms with Gasteiger partial charge in [0.2, 0.25) is 5.91 Å². The Morgan fingerprint density at radius 3 is 2.63 bits per heavy atom. The van der Waals surface area contributed by atoms with Crippen LogP contribution in [0, 0.1) is 6.92 Å². The average Bonchev–Trinajstić information content (AvgIpc) is 3.17. The van der Waals surface area contributed by atoms with E-state index in [4.69, 9.17) is 0 Å². The molecule has 30 heavy (non-hydrogen) atoms. The molecule has 2 heterocycles. The van der Waals surface area contributed by atoms with Crippen LogP contribution < -0.4 is 5.32 Å². The molecule has 1 N–H and O–H groups in total. The standard InChI is InChI=1S/C22H18BrN5OS/c1-15-5-2-3-8-19(15)28-21(16-9-11-24-12-10-16)26-27-22(28)30-14-20(29)25-18-7-4-6-17(23)13-18/h2-13H,14H2,1H3,(H,25,29). The quantitative estimate of drug-likeness (QED) is 0.388. The minimum Gasteiger partial charge on any atom is -0.325 e. The lowest BCUT2D eigenvalue weighted by Gasteiger charge is -2.13. The predicted octanol–water partition coefficient (Wildman–Crippen LogP) is 5.13. The van der Waals surface area contributed by atoms with Crippen molar-refractivity contribution >= 4 is 39.3 Å². The van der Waals surface area contributed by atoms with Crippen molar-refractivity contribution in [2.45, 2.75) is 12.1 Å². The molecular formula is C22H18BrN5OS. The number of nitrogens with one attached hydrogen (secondary N) is 1. The molecule has 0 spiro atoms. The number of benzene rings is 2. The number of carbonyl (C=O) groups is 1. The summed E-state index contributed by atoms with van der Waals surface area (Å²) in [6.45, 7) is 2.04. The van der Waals surface area contributed by atoms with Gasteiger partial charge in [0.1, 0.15) is 0 Å². The Morgan fingerprint density at radius 1 is 1.07 bits per heavy atom. The Labute approximate surface area is 186 Å². The van der Waals surface area contributed by atoms with Crippen molar-refractivity contribution in [1.82, 2.24) is 19.7 Å². The van der Waals surface area contributed by atoms with Gasteiger partial charge in [-0.2, -0.15) is 0 Å². The number of aryl methyl sites for hydroxylation is 1. The zero-order valence-corrected chi connectivity index (χ0v) is 18.5. The van der Waals surface area contributed by atoms with Crippen molar-refractivity contribution < 1.29 is 4.79 Å². The van der Waals surface area contributed by atoms with Crippen LogP contribution in [0.2, 0.25) is 0 Å². The molecule has 4 aromatic rings. The van der Waals surface area contributed by atoms with E-state index in [-0.39, 0.29) is 11.7 Å². The third-order valence-electron chi connectivity index (χ3n) is 4.37. The Kier molecular flexibility index (Phi) is 6.25. The summed E-state index contributed by atoms with van der Waals surface area (Å²) >= 11 is 4.76. The summed E-state index contributed by atoms with van der Waals surface area (Å²) in [5.41, 5.74) is 3.72. The fourth-order valence-electron chi connectivity index (χ4n) is 2.98. The van der Waals surface area contributed by atoms with E-state index >= 15 is 0 Å². The summed E-state index contributed by atoms with van der Waals surface area (Å²) in [5.74, 6) is 0.817. The normalized spacial score (nSPS) is 10.7. The van der Waals surface area contributed by atoms with Gasteiger partial charge in [0.05, 0.1) is 11.4 Å². The molecule has 0 aliphatic rings. The van der Waals surface area contributed by atoms with Gasteiger partial charge in [-0.05, 0) is 48.9 Å². The zero-order chi connectivity index (χ0) is 20.9. The van der Waals surface area contributed by atoms with E-state index in [0.717, 1.165) is 27.0 Å². The van der Waals surface area contributed by atoms with Crippen LogP contribution >= 0.6 is 27.7 Å². The van der Waals surface area contributed by atoms with Crippen LogP contribution in [0.5, 0.6) is 0 Å². The van der Waals surface area contributed by atoms with Crippen LogP contribution in [0.25, 0.3) is 17.1 Å². The van der Waals surface area contributed by atoms with Crippen molar-refractivity contribution in [2.24, 2.45) is 0 Å². The molecule has 1 amide bonds. The topological polar surface area (TPSA) is 72.7 Å². The molecule has 2 aromatic heterocycles. The van der Waals surface area contributed by atoms with Crippen molar-refractivity contribution in [3.63, 3.8) is 0 Å². The van der Waals surface area contributed by atoms with E-state index in [1.807, 2.05) is 72.2 Å². The van der Waals surface area contributed by atoms with Gasteiger partial charge >= 0.3 is 0 Å². The van der Waals surface area contributed by atoms with Crippen LogP contribution in [-0.4, -0.2) is 31.4 Å². The second-order valence-corrected chi connectivity index (χ2v) is 8.37. The van der Waals surface area contributed by atoms with Crippen molar-refractivity contribution in [1.29, 1.82) is 0 Å². The number of nitrogens with zero attached hydrogens (tertiary/aromatic N) is 4. The minimum absolute atomic E-state index is 0.108. The van der Waals surface area contributed by atoms with Crippen LogP contribution in [-0.2, 0) is 4.79 Å². The lowest BCUT2D eigenvalue weighted by molar-refractivity contribution is -0.113. The van der Waals surface area contributed by atoms with Crippen LogP contribution in [0.3, 0.4) is 0 Å². The van der Waals surface area contributed by atoms with Crippen molar-refractivity contribution in [3.8, 4) is 17.1 Å². The maximum Gasteiger partial charge on any atom is 0.234 e. The maximum absolute atomic E-state index is 12.5. The number of aromatic nitrogens is 4. The Hall–Kier alpha value is -2.97. The molecule has 0 aliphatic heterocycles. The SMILES string of the molecule is Cc1ccccc1-n1c(SCC(=O)Nc2cccc(Br)c2)nnc1-c1ccncc1. The van der Waals surface area contributed by atoms with E-state index < -0.39 is 0 Å². The van der Waals surface area contributed by atoms with Crippen molar-refractivity contribution in [3.05, 3.63) is 83.1 Å². The number of hydrogen-bond acceptors (Lipinski definition) is 5. The van der Waals surface area contributed by atoms with Crippen LogP contribution in [0.1, 0.15) is 5.56 Å². The highest BCUT2D eigenvalue weighted by Crippen LogP contribution is 2.29. The lowest BCUT2D eigenvalue weighted by Crippen LogP contribution is -2.14. The number of hydrogen-bond donors (Lipinski definition) is 1. The molecule has 0 saturated heterocycles. The number of rotatable bonds is 6. The number of anilines is 1. The Balaban J connectivity index is 1.61. The number of para-hydroxylation sites is 1. The highest BCUT2D eigenvalue weighted by Gasteiger charge is 2.18. The van der Waals surface area contributed by atoms with Gasteiger partial charge in [-0.25, -0.2) is 0 Å². The van der Waals surface area contributed by atoms with Gasteiger partial charge in [-0.1, -0.05) is 52.0 Å². The van der Waals surface area contributed by atoms with E-state index in [2.05, 4.69) is 36.4 Å². The van der Waals surface area contributed by atoms with Gasteiger partial charge in [0.25, 0.3) is 0 Å². The second kappa shape index (κ2) is 9.23. The average molecular weight is 480 g/mol. The van der Waals surface area contributed by atoms with Gasteiger partial charge in [-0.15, -0.1) is 10.2 Å². The summed E-state index contributed by atoms with van der Waals surface area (Å²) in [7, 11) is 0. The number of pyridine rings is 1. The molecule has 0 unspecified atom stereocenters. The van der Waals surface area contributed by atoms with Gasteiger partial charge in [0, 0.05) is 28.1 Å². The molecule has 4 rings (SSSR count). The number of amides is 1. The highest BCUT2D eigenvalue weighted by atomic mass is 79.9. The van der Waals surface area contributed by atoms with Gasteiger partial charge < -0.3 is 5.32 Å². The molecule has 8 heteroatoms. The number of thioether (sulfide) groups is 1. The van der Waals surface area contributed by atoms with Crippen LogP contribution in [0.4, 0.5) is 5.69 Å². The number of halogens is 1. The molecule has 0 radical (unpaired) electrons. The van der Waals surface area contributed by atoms with Crippen LogP contribution in [0.15, 0.2) is 82.7 Å². The molecule has 0 saturated carbocycles. The first-order chi connectivity index (χ1) is 14.6. The largest absolute Gasteiger partial charge is 0.325 e. The van der Waals surface area contributed by atoms with Crippen molar-refractivity contribution in [2.75, 3.05) is 11.1 Å².